The van der Waals surface area contributed by atoms with Crippen LogP contribution < -0.4 is 0 Å². The summed E-state index contributed by atoms with van der Waals surface area (Å²) in [5, 5.41) is 4.31. The number of amides is 1. The highest BCUT2D eigenvalue weighted by atomic mass is 16.7. The van der Waals surface area contributed by atoms with Crippen LogP contribution >= 0.6 is 0 Å². The molecule has 1 heterocycles. The van der Waals surface area contributed by atoms with Gasteiger partial charge >= 0.3 is 6.09 Å². The molecule has 0 bridgehead atoms. The van der Waals surface area contributed by atoms with Crippen LogP contribution in [0, 0.1) is 28.6 Å². The lowest BCUT2D eigenvalue weighted by atomic mass is 9.46. The lowest BCUT2D eigenvalue weighted by Crippen LogP contribution is -2.49. The summed E-state index contributed by atoms with van der Waals surface area (Å²) in [6.45, 7) is 6.64. The molecule has 0 aromatic carbocycles. The molecule has 5 rings (SSSR count). The maximum atomic E-state index is 12.4. The van der Waals surface area contributed by atoms with Crippen molar-refractivity contribution in [1.82, 2.24) is 14.8 Å². The number of carbonyl (C=O) groups excluding carboxylic acids is 1. The Balaban J connectivity index is 1.25. The zero-order valence-electron chi connectivity index (χ0n) is 23.4. The molecule has 5 atom stereocenters. The van der Waals surface area contributed by atoms with E-state index in [4.69, 9.17) is 4.84 Å². The van der Waals surface area contributed by atoms with Crippen molar-refractivity contribution in [3.63, 3.8) is 0 Å². The lowest BCUT2D eigenvalue weighted by Gasteiger charge is -2.58. The van der Waals surface area contributed by atoms with Crippen LogP contribution in [-0.2, 0) is 4.84 Å². The van der Waals surface area contributed by atoms with E-state index in [2.05, 4.69) is 53.2 Å². The monoisotopic (exact) mass is 504 g/mol. The van der Waals surface area contributed by atoms with Crippen molar-refractivity contribution in [3.05, 3.63) is 47.8 Å². The summed E-state index contributed by atoms with van der Waals surface area (Å²) in [5.41, 5.74) is 5.77. The molecule has 2 fully saturated rings. The molecule has 6 heteroatoms. The maximum absolute atomic E-state index is 12.4. The van der Waals surface area contributed by atoms with E-state index >= 15 is 0 Å². The van der Waals surface area contributed by atoms with Crippen LogP contribution in [0.3, 0.4) is 0 Å². The van der Waals surface area contributed by atoms with Crippen molar-refractivity contribution in [2.24, 2.45) is 33.7 Å². The molecular weight excluding hydrogens is 460 g/mol. The van der Waals surface area contributed by atoms with E-state index in [0.29, 0.717) is 6.54 Å². The van der Waals surface area contributed by atoms with Crippen molar-refractivity contribution in [3.8, 4) is 0 Å². The van der Waals surface area contributed by atoms with Gasteiger partial charge in [0.15, 0.2) is 0 Å². The molecule has 4 aliphatic rings. The molecule has 37 heavy (non-hydrogen) atoms. The number of carbonyl (C=O) groups is 1. The zero-order chi connectivity index (χ0) is 26.2. The van der Waals surface area contributed by atoms with Crippen molar-refractivity contribution in [2.75, 3.05) is 34.2 Å². The third kappa shape index (κ3) is 4.89. The van der Waals surface area contributed by atoms with E-state index in [1.165, 1.54) is 42.4 Å². The minimum absolute atomic E-state index is 0.229. The van der Waals surface area contributed by atoms with Gasteiger partial charge in [0.25, 0.3) is 0 Å². The fourth-order valence-corrected chi connectivity index (χ4v) is 8.06. The van der Waals surface area contributed by atoms with Gasteiger partial charge in [0.1, 0.15) is 0 Å². The van der Waals surface area contributed by atoms with Gasteiger partial charge in [-0.05, 0) is 124 Å². The number of hydrogen-bond donors (Lipinski definition) is 0. The van der Waals surface area contributed by atoms with Gasteiger partial charge < -0.3 is 9.80 Å². The first kappa shape index (κ1) is 26.1. The van der Waals surface area contributed by atoms with Crippen molar-refractivity contribution in [2.45, 2.75) is 65.2 Å². The molecule has 2 saturated carbocycles. The van der Waals surface area contributed by atoms with Crippen LogP contribution in [0.4, 0.5) is 4.79 Å². The highest BCUT2D eigenvalue weighted by Crippen LogP contribution is 2.66. The van der Waals surface area contributed by atoms with Crippen LogP contribution in [-0.4, -0.2) is 60.8 Å². The Morgan fingerprint density at radius 1 is 1.11 bits per heavy atom. The Kier molecular flexibility index (Phi) is 7.32. The number of nitrogens with zero attached hydrogens (tertiary/aromatic N) is 4. The zero-order valence-corrected chi connectivity index (χ0v) is 23.4. The topological polar surface area (TPSA) is 58.0 Å². The molecule has 1 aromatic rings. The van der Waals surface area contributed by atoms with Crippen molar-refractivity contribution in [1.29, 1.82) is 0 Å². The van der Waals surface area contributed by atoms with E-state index in [0.717, 1.165) is 55.7 Å². The maximum Gasteiger partial charge on any atom is 0.435 e. The minimum atomic E-state index is -0.369. The first-order valence-electron chi connectivity index (χ1n) is 14.2. The smallest absolute Gasteiger partial charge is 0.309 e. The Hall–Kier alpha value is -2.47. The summed E-state index contributed by atoms with van der Waals surface area (Å²) in [7, 11) is 5.86. The first-order valence-corrected chi connectivity index (χ1v) is 14.2. The second-order valence-corrected chi connectivity index (χ2v) is 12.6. The third-order valence-corrected chi connectivity index (χ3v) is 10.2. The summed E-state index contributed by atoms with van der Waals surface area (Å²) >= 11 is 0. The number of hydrogen-bond acceptors (Lipinski definition) is 5. The van der Waals surface area contributed by atoms with Gasteiger partial charge in [-0.1, -0.05) is 36.7 Å². The highest BCUT2D eigenvalue weighted by Gasteiger charge is 2.57. The first-order chi connectivity index (χ1) is 17.7. The molecule has 6 nitrogen and oxygen atoms in total. The van der Waals surface area contributed by atoms with Gasteiger partial charge in [0, 0.05) is 26.0 Å². The second-order valence-electron chi connectivity index (χ2n) is 12.6. The molecule has 0 unspecified atom stereocenters. The van der Waals surface area contributed by atoms with E-state index in [1.54, 1.807) is 11.9 Å². The lowest BCUT2D eigenvalue weighted by molar-refractivity contribution is -0.0190. The molecule has 0 N–H and O–H groups in total. The van der Waals surface area contributed by atoms with Gasteiger partial charge in [-0.15, -0.1) is 0 Å². The summed E-state index contributed by atoms with van der Waals surface area (Å²) in [5.74, 6) is 2.21. The fourth-order valence-electron chi connectivity index (χ4n) is 8.06. The number of pyridine rings is 1. The number of allylic oxidation sites excluding steroid dienone is 4. The molecule has 0 radical (unpaired) electrons. The van der Waals surface area contributed by atoms with Crippen molar-refractivity contribution < 1.29 is 9.63 Å². The predicted octanol–water partition coefficient (Wildman–Crippen LogP) is 6.41. The Morgan fingerprint density at radius 2 is 1.95 bits per heavy atom. The van der Waals surface area contributed by atoms with Gasteiger partial charge in [-0.3, -0.25) is 9.82 Å². The summed E-state index contributed by atoms with van der Waals surface area (Å²) in [6.07, 6.45) is 17.3. The predicted molar refractivity (Wildman–Crippen MR) is 149 cm³/mol. The molecule has 0 aliphatic heterocycles. The summed E-state index contributed by atoms with van der Waals surface area (Å²) in [4.78, 5) is 25.9. The quantitative estimate of drug-likeness (QED) is 0.332. The van der Waals surface area contributed by atoms with Gasteiger partial charge in [0.05, 0.1) is 5.71 Å². The van der Waals surface area contributed by atoms with Gasteiger partial charge in [-0.2, -0.15) is 0 Å². The SMILES string of the molecule is CN(C)CCCN(C)C(=O)ON=C1C=C2CC[C@H]3[C@H](CC[C@]4(C)C(c5cccnc5)=CC[C@@H]34)[C@@]2(C)CC1. The van der Waals surface area contributed by atoms with Gasteiger partial charge in [0.2, 0.25) is 0 Å². The minimum Gasteiger partial charge on any atom is -0.309 e. The van der Waals surface area contributed by atoms with Crippen LogP contribution in [0.25, 0.3) is 5.57 Å². The Bertz CT molecular complexity index is 1090. The molecule has 1 aromatic heterocycles. The Morgan fingerprint density at radius 3 is 2.70 bits per heavy atom. The molecule has 0 saturated heterocycles. The largest absolute Gasteiger partial charge is 0.435 e. The van der Waals surface area contributed by atoms with Gasteiger partial charge in [-0.25, -0.2) is 4.79 Å². The van der Waals surface area contributed by atoms with Crippen LogP contribution in [0.5, 0.6) is 0 Å². The number of rotatable bonds is 6. The standard InChI is InChI=1S/C31H44N4O2/c1-30-15-13-24(33-37-29(36)35(5)19-7-18-34(3)4)20-23(30)9-10-25-27-12-11-26(22-8-6-17-32-21-22)31(27,2)16-14-28(25)30/h6,8,11,17,20-21,25,27-28H,7,9-10,12-16,18-19H2,1-5H3/t25-,27+,28+,30+,31-/m1/s1. The van der Waals surface area contributed by atoms with Crippen molar-refractivity contribution >= 4 is 17.4 Å². The average molecular weight is 505 g/mol. The molecule has 4 aliphatic carbocycles. The average Bonchev–Trinajstić information content (AvgIpc) is 3.24. The molecule has 200 valence electrons. The fraction of sp³-hybridized carbons (Fsp3) is 0.645. The number of aromatic nitrogens is 1. The van der Waals surface area contributed by atoms with Crippen LogP contribution in [0.15, 0.2) is 47.4 Å². The molecule has 1 amide bonds. The third-order valence-electron chi connectivity index (χ3n) is 10.2. The number of oxime groups is 1. The van der Waals surface area contributed by atoms with E-state index in [1.807, 2.05) is 26.5 Å². The second kappa shape index (κ2) is 10.4. The normalized spacial score (nSPS) is 33.8. The summed E-state index contributed by atoms with van der Waals surface area (Å²) < 4.78 is 0. The highest BCUT2D eigenvalue weighted by molar-refractivity contribution is 5.96. The van der Waals surface area contributed by atoms with Crippen LogP contribution in [0.1, 0.15) is 70.8 Å². The molecule has 0 spiro atoms. The van der Waals surface area contributed by atoms with Crippen LogP contribution in [0.2, 0.25) is 0 Å². The van der Waals surface area contributed by atoms with E-state index < -0.39 is 0 Å². The van der Waals surface area contributed by atoms with E-state index in [9.17, 15) is 4.79 Å². The van der Waals surface area contributed by atoms with E-state index in [-0.39, 0.29) is 16.9 Å². The summed E-state index contributed by atoms with van der Waals surface area (Å²) in [6, 6.07) is 4.30. The Labute approximate surface area is 222 Å². The molecular formula is C31H44N4O2. The number of fused-ring (bicyclic) bond motifs is 5.